The van der Waals surface area contributed by atoms with Crippen LogP contribution in [-0.2, 0) is 5.41 Å². The highest BCUT2D eigenvalue weighted by molar-refractivity contribution is 5.41. The van der Waals surface area contributed by atoms with Crippen LogP contribution in [0.15, 0.2) is 18.5 Å². The molecule has 0 amide bonds. The predicted molar refractivity (Wildman–Crippen MR) is 65.7 cm³/mol. The van der Waals surface area contributed by atoms with Gasteiger partial charge in [0.1, 0.15) is 0 Å². The molecule has 2 aromatic heterocycles. The lowest BCUT2D eigenvalue weighted by Gasteiger charge is -2.14. The molecule has 0 fully saturated rings. The highest BCUT2D eigenvalue weighted by Crippen LogP contribution is 2.22. The van der Waals surface area contributed by atoms with Crippen LogP contribution in [0.1, 0.15) is 44.9 Å². The van der Waals surface area contributed by atoms with Crippen molar-refractivity contribution >= 4 is 5.65 Å². The lowest BCUT2D eigenvalue weighted by atomic mass is 9.89. The van der Waals surface area contributed by atoms with Crippen molar-refractivity contribution in [2.45, 2.75) is 39.0 Å². The first kappa shape index (κ1) is 11.6. The van der Waals surface area contributed by atoms with E-state index in [9.17, 15) is 0 Å². The summed E-state index contributed by atoms with van der Waals surface area (Å²) < 4.78 is 1.75. The van der Waals surface area contributed by atoms with Gasteiger partial charge in [0, 0.05) is 24.0 Å². The molecule has 0 aliphatic rings. The third kappa shape index (κ3) is 2.01. The monoisotopic (exact) mass is 228 g/mol. The van der Waals surface area contributed by atoms with Gasteiger partial charge in [-0.15, -0.1) is 0 Å². The Kier molecular flexibility index (Phi) is 2.62. The molecule has 0 aliphatic heterocycles. The van der Waals surface area contributed by atoms with Crippen molar-refractivity contribution in [1.29, 1.82) is 5.26 Å². The van der Waals surface area contributed by atoms with Crippen molar-refractivity contribution in [3.8, 4) is 6.07 Å². The Balaban J connectivity index is 2.55. The van der Waals surface area contributed by atoms with Crippen molar-refractivity contribution in [3.63, 3.8) is 0 Å². The molecule has 0 atom stereocenters. The molecule has 0 N–H and O–H groups in total. The summed E-state index contributed by atoms with van der Waals surface area (Å²) in [5.41, 5.74) is 2.19. The molecule has 88 valence electrons. The number of hydrogen-bond acceptors (Lipinski definition) is 3. The number of fused-ring (bicyclic) bond motifs is 1. The van der Waals surface area contributed by atoms with Crippen LogP contribution in [-0.4, -0.2) is 14.6 Å². The second-order valence-electron chi connectivity index (χ2n) is 5.11. The topological polar surface area (TPSA) is 54.0 Å². The molecule has 0 radical (unpaired) electrons. The summed E-state index contributed by atoms with van der Waals surface area (Å²) in [6.45, 7) is 7.95. The van der Waals surface area contributed by atoms with Crippen LogP contribution in [0.5, 0.6) is 0 Å². The molecule has 0 bridgehead atoms. The first-order valence-electron chi connectivity index (χ1n) is 5.71. The van der Waals surface area contributed by atoms with Gasteiger partial charge >= 0.3 is 0 Å². The van der Waals surface area contributed by atoms with E-state index in [4.69, 9.17) is 5.26 Å². The molecule has 4 heteroatoms. The van der Waals surface area contributed by atoms with E-state index in [-0.39, 0.29) is 0 Å². The van der Waals surface area contributed by atoms with E-state index in [1.807, 2.05) is 26.1 Å². The van der Waals surface area contributed by atoms with Crippen LogP contribution in [0, 0.1) is 11.3 Å². The molecule has 0 saturated carbocycles. The summed E-state index contributed by atoms with van der Waals surface area (Å²) in [6.07, 6.45) is 3.64. The molecule has 0 spiro atoms. The van der Waals surface area contributed by atoms with Gasteiger partial charge in [-0.1, -0.05) is 13.8 Å². The lowest BCUT2D eigenvalue weighted by Crippen LogP contribution is -2.15. The van der Waals surface area contributed by atoms with Crippen molar-refractivity contribution < 1.29 is 0 Å². The Bertz CT molecular complexity index is 587. The van der Waals surface area contributed by atoms with Crippen LogP contribution in [0.2, 0.25) is 0 Å². The minimum Gasteiger partial charge on any atom is -0.237 e. The van der Waals surface area contributed by atoms with Gasteiger partial charge in [-0.05, 0) is 19.8 Å². The van der Waals surface area contributed by atoms with Gasteiger partial charge in [-0.2, -0.15) is 10.4 Å². The highest BCUT2D eigenvalue weighted by atomic mass is 15.2. The molecular formula is C13H16N4. The zero-order valence-corrected chi connectivity index (χ0v) is 10.6. The van der Waals surface area contributed by atoms with Gasteiger partial charge in [0.25, 0.3) is 0 Å². The average Bonchev–Trinajstić information content (AvgIpc) is 2.71. The average molecular weight is 228 g/mol. The fourth-order valence-electron chi connectivity index (χ4n) is 1.56. The van der Waals surface area contributed by atoms with Crippen LogP contribution in [0.3, 0.4) is 0 Å². The fourth-order valence-corrected chi connectivity index (χ4v) is 1.56. The third-order valence-corrected chi connectivity index (χ3v) is 2.92. The number of nitriles is 1. The number of hydrogen-bond donors (Lipinski definition) is 0. The molecule has 2 heterocycles. The minimum absolute atomic E-state index is 0.379. The van der Waals surface area contributed by atoms with Crippen molar-refractivity contribution in [3.05, 3.63) is 29.7 Å². The lowest BCUT2D eigenvalue weighted by molar-refractivity contribution is 0.670. The Labute approximate surface area is 101 Å². The molecule has 4 nitrogen and oxygen atoms in total. The van der Waals surface area contributed by atoms with Crippen molar-refractivity contribution in [2.24, 2.45) is 0 Å². The quantitative estimate of drug-likeness (QED) is 0.794. The summed E-state index contributed by atoms with van der Waals surface area (Å²) in [5.74, 6) is 0.379. The maximum atomic E-state index is 9.11. The normalized spacial score (nSPS) is 12.0. The molecule has 0 unspecified atom stereocenters. The van der Waals surface area contributed by atoms with Gasteiger partial charge in [-0.3, -0.25) is 0 Å². The number of nitrogens with zero attached hydrogens (tertiary/aromatic N) is 4. The first-order valence-corrected chi connectivity index (χ1v) is 5.71. The first-order chi connectivity index (χ1) is 7.94. The summed E-state index contributed by atoms with van der Waals surface area (Å²) in [6, 6.07) is 4.25. The standard InChI is InChI=1S/C13H16N4/c1-9(2)11-5-12-15-6-10(7-17(12)16-11)13(3,4)8-14/h5-7,9H,1-4H3. The SMILES string of the molecule is CC(C)c1cc2ncc(C(C)(C)C#N)cn2n1. The second kappa shape index (κ2) is 3.85. The molecule has 17 heavy (non-hydrogen) atoms. The fraction of sp³-hybridized carbons (Fsp3) is 0.462. The van der Waals surface area contributed by atoms with Gasteiger partial charge < -0.3 is 0 Å². The van der Waals surface area contributed by atoms with Gasteiger partial charge in [0.05, 0.1) is 17.2 Å². The van der Waals surface area contributed by atoms with Crippen LogP contribution >= 0.6 is 0 Å². The smallest absolute Gasteiger partial charge is 0.155 e. The molecular weight excluding hydrogens is 212 g/mol. The van der Waals surface area contributed by atoms with E-state index >= 15 is 0 Å². The minimum atomic E-state index is -0.537. The Morgan fingerprint density at radius 3 is 2.71 bits per heavy atom. The van der Waals surface area contributed by atoms with Gasteiger partial charge in [-0.25, -0.2) is 9.50 Å². The zero-order chi connectivity index (χ0) is 12.6. The largest absolute Gasteiger partial charge is 0.237 e. The number of aromatic nitrogens is 3. The Hall–Kier alpha value is -1.89. The van der Waals surface area contributed by atoms with Crippen molar-refractivity contribution in [1.82, 2.24) is 14.6 Å². The molecule has 0 aliphatic carbocycles. The van der Waals surface area contributed by atoms with E-state index in [2.05, 4.69) is 30.0 Å². The van der Waals surface area contributed by atoms with Gasteiger partial charge in [0.2, 0.25) is 0 Å². The van der Waals surface area contributed by atoms with E-state index in [0.29, 0.717) is 5.92 Å². The maximum Gasteiger partial charge on any atom is 0.155 e. The summed E-state index contributed by atoms with van der Waals surface area (Å²) in [4.78, 5) is 4.35. The van der Waals surface area contributed by atoms with Crippen LogP contribution in [0.25, 0.3) is 5.65 Å². The van der Waals surface area contributed by atoms with Crippen LogP contribution in [0.4, 0.5) is 0 Å². The molecule has 0 aromatic carbocycles. The molecule has 0 saturated heterocycles. The van der Waals surface area contributed by atoms with E-state index in [1.54, 1.807) is 10.7 Å². The Morgan fingerprint density at radius 1 is 1.41 bits per heavy atom. The summed E-state index contributed by atoms with van der Waals surface area (Å²) in [7, 11) is 0. The Morgan fingerprint density at radius 2 is 2.12 bits per heavy atom. The highest BCUT2D eigenvalue weighted by Gasteiger charge is 2.21. The van der Waals surface area contributed by atoms with E-state index in [0.717, 1.165) is 16.9 Å². The van der Waals surface area contributed by atoms with E-state index in [1.165, 1.54) is 0 Å². The predicted octanol–water partition coefficient (Wildman–Crippen LogP) is 2.65. The molecule has 2 rings (SSSR count). The van der Waals surface area contributed by atoms with Crippen molar-refractivity contribution in [2.75, 3.05) is 0 Å². The van der Waals surface area contributed by atoms with Crippen LogP contribution < -0.4 is 0 Å². The number of rotatable bonds is 2. The maximum absolute atomic E-state index is 9.11. The zero-order valence-electron chi connectivity index (χ0n) is 10.6. The summed E-state index contributed by atoms with van der Waals surface area (Å²) >= 11 is 0. The van der Waals surface area contributed by atoms with E-state index < -0.39 is 5.41 Å². The summed E-state index contributed by atoms with van der Waals surface area (Å²) in [5, 5.41) is 13.6. The third-order valence-electron chi connectivity index (χ3n) is 2.92. The van der Waals surface area contributed by atoms with Gasteiger partial charge in [0.15, 0.2) is 5.65 Å². The molecule has 2 aromatic rings. The second-order valence-corrected chi connectivity index (χ2v) is 5.11.